The number of hydrogen-bond acceptors (Lipinski definition) is 7. The second-order valence-corrected chi connectivity index (χ2v) is 12.1. The van der Waals surface area contributed by atoms with Crippen molar-refractivity contribution in [3.63, 3.8) is 0 Å². The van der Waals surface area contributed by atoms with Crippen LogP contribution in [0.1, 0.15) is 55.7 Å². The van der Waals surface area contributed by atoms with E-state index in [-0.39, 0.29) is 29.7 Å². The molecule has 2 N–H and O–H groups in total. The van der Waals surface area contributed by atoms with E-state index in [1.165, 1.54) is 24.0 Å². The monoisotopic (exact) mass is 649 g/mol. The summed E-state index contributed by atoms with van der Waals surface area (Å²) in [5.74, 6) is -1.02. The summed E-state index contributed by atoms with van der Waals surface area (Å²) < 4.78 is 5.90. The summed E-state index contributed by atoms with van der Waals surface area (Å²) in [5, 5.41) is 4.55. The number of halogens is 1. The Morgan fingerprint density at radius 3 is 2.87 bits per heavy atom. The van der Waals surface area contributed by atoms with E-state index in [4.69, 9.17) is 4.74 Å². The Bertz CT molecular complexity index is 1370. The molecule has 1 aliphatic heterocycles. The zero-order valence-electron chi connectivity index (χ0n) is 21.8. The first-order chi connectivity index (χ1) is 18.3. The average Bonchev–Trinajstić information content (AvgIpc) is 3.55. The molecule has 0 radical (unpaired) electrons. The number of H-pyrrole nitrogens is 1. The lowest BCUT2D eigenvalue weighted by atomic mass is 9.81. The van der Waals surface area contributed by atoms with E-state index >= 15 is 0 Å². The second-order valence-electron chi connectivity index (χ2n) is 10.2. The minimum Gasteiger partial charge on any atom is -0.469 e. The van der Waals surface area contributed by atoms with E-state index in [1.54, 1.807) is 11.9 Å². The Labute approximate surface area is 239 Å². The van der Waals surface area contributed by atoms with Crippen molar-refractivity contribution in [1.82, 2.24) is 25.1 Å². The number of methoxy groups -OCH3 is 1. The molecule has 2 amide bonds. The number of nitrogens with zero attached hydrogens (tertiary/aromatic N) is 3. The Morgan fingerprint density at radius 1 is 1.29 bits per heavy atom. The van der Waals surface area contributed by atoms with Crippen LogP contribution in [0.15, 0.2) is 24.3 Å². The van der Waals surface area contributed by atoms with Crippen molar-refractivity contribution < 1.29 is 19.1 Å². The maximum absolute atomic E-state index is 13.6. The molecule has 3 atom stereocenters. The Hall–Kier alpha value is -2.51. The molecule has 3 heterocycles. The fraction of sp³-hybridized carbons (Fsp3) is 0.481. The van der Waals surface area contributed by atoms with Crippen LogP contribution in [-0.4, -0.2) is 77.4 Å². The number of alkyl halides is 1. The number of nitrogens with one attached hydrogen (secondary N) is 2. The molecule has 202 valence electrons. The van der Waals surface area contributed by atoms with Crippen molar-refractivity contribution in [3.05, 3.63) is 51.1 Å². The highest BCUT2D eigenvalue weighted by Gasteiger charge is 2.39. The molecule has 38 heavy (non-hydrogen) atoms. The lowest BCUT2D eigenvalue weighted by molar-refractivity contribution is -0.147. The van der Waals surface area contributed by atoms with Gasteiger partial charge in [0.2, 0.25) is 0 Å². The standard InChI is InChI=1S/C27H32IN5O4S/c1-32-9-8-19-23(14-32)38-25(31-19)24(34)30-20-11-16(27(36)37-3)5-7-22(20)33(2)26(35)21-12-17-10-15(13-28)4-6-18(17)29-21/h4,6,10,12,16,20,22,29H,5,7-9,11,13-14H2,1-3H3,(H,30,34)/t16-,20-,22+/m1/s1. The highest BCUT2D eigenvalue weighted by atomic mass is 127. The normalized spacial score (nSPS) is 21.6. The lowest BCUT2D eigenvalue weighted by Crippen LogP contribution is -2.55. The van der Waals surface area contributed by atoms with Gasteiger partial charge in [-0.1, -0.05) is 28.7 Å². The fourth-order valence-corrected chi connectivity index (χ4v) is 7.09. The first-order valence-electron chi connectivity index (χ1n) is 12.8. The van der Waals surface area contributed by atoms with E-state index in [0.29, 0.717) is 30.0 Å². The van der Waals surface area contributed by atoms with Gasteiger partial charge < -0.3 is 24.8 Å². The molecule has 9 nitrogen and oxygen atoms in total. The molecule has 5 rings (SSSR count). The van der Waals surface area contributed by atoms with Crippen LogP contribution in [0.2, 0.25) is 0 Å². The van der Waals surface area contributed by atoms with Gasteiger partial charge in [0.25, 0.3) is 11.8 Å². The summed E-state index contributed by atoms with van der Waals surface area (Å²) in [6, 6.07) is 7.34. The van der Waals surface area contributed by atoms with E-state index in [1.807, 2.05) is 12.1 Å². The van der Waals surface area contributed by atoms with Gasteiger partial charge in [0.05, 0.1) is 30.8 Å². The second kappa shape index (κ2) is 11.3. The number of aromatic nitrogens is 2. The third kappa shape index (κ3) is 5.46. The Morgan fingerprint density at radius 2 is 2.11 bits per heavy atom. The molecule has 2 aromatic heterocycles. The quantitative estimate of drug-likeness (QED) is 0.240. The van der Waals surface area contributed by atoms with E-state index in [9.17, 15) is 14.4 Å². The smallest absolute Gasteiger partial charge is 0.308 e. The van der Waals surface area contributed by atoms with Gasteiger partial charge in [-0.25, -0.2) is 4.98 Å². The van der Waals surface area contributed by atoms with Crippen LogP contribution in [0, 0.1) is 5.92 Å². The van der Waals surface area contributed by atoms with Crippen molar-refractivity contribution in [2.75, 3.05) is 27.7 Å². The van der Waals surface area contributed by atoms with Gasteiger partial charge in [-0.05, 0) is 50.1 Å². The van der Waals surface area contributed by atoms with Gasteiger partial charge in [-0.3, -0.25) is 14.4 Å². The largest absolute Gasteiger partial charge is 0.469 e. The van der Waals surface area contributed by atoms with Crippen LogP contribution in [0.5, 0.6) is 0 Å². The van der Waals surface area contributed by atoms with Crippen LogP contribution in [-0.2, 0) is 26.9 Å². The number of carbonyl (C=O) groups is 3. The van der Waals surface area contributed by atoms with Crippen molar-refractivity contribution in [2.24, 2.45) is 5.92 Å². The molecule has 2 aliphatic rings. The number of rotatable bonds is 6. The molecule has 1 aromatic carbocycles. The van der Waals surface area contributed by atoms with Gasteiger partial charge in [0.1, 0.15) is 5.69 Å². The zero-order chi connectivity index (χ0) is 27.0. The topological polar surface area (TPSA) is 108 Å². The molecule has 0 spiro atoms. The number of hydrogen-bond donors (Lipinski definition) is 2. The molecule has 0 bridgehead atoms. The number of aromatic amines is 1. The summed E-state index contributed by atoms with van der Waals surface area (Å²) in [7, 11) is 5.21. The van der Waals surface area contributed by atoms with Crippen LogP contribution < -0.4 is 5.32 Å². The van der Waals surface area contributed by atoms with E-state index < -0.39 is 6.04 Å². The molecule has 1 fully saturated rings. The van der Waals surface area contributed by atoms with Crippen LogP contribution in [0.25, 0.3) is 10.9 Å². The van der Waals surface area contributed by atoms with Gasteiger partial charge >= 0.3 is 5.97 Å². The first-order valence-corrected chi connectivity index (χ1v) is 15.1. The molecule has 1 aliphatic carbocycles. The zero-order valence-corrected chi connectivity index (χ0v) is 24.7. The Kier molecular flexibility index (Phi) is 8.06. The summed E-state index contributed by atoms with van der Waals surface area (Å²) in [6.45, 7) is 1.71. The summed E-state index contributed by atoms with van der Waals surface area (Å²) in [6.07, 6.45) is 2.39. The van der Waals surface area contributed by atoms with Crippen LogP contribution >= 0.6 is 33.9 Å². The number of carbonyl (C=O) groups excluding carboxylic acids is 3. The third-order valence-electron chi connectivity index (χ3n) is 7.67. The lowest BCUT2D eigenvalue weighted by Gasteiger charge is -2.40. The number of likely N-dealkylation sites (N-methyl/N-ethyl adjacent to an activating group) is 2. The summed E-state index contributed by atoms with van der Waals surface area (Å²) >= 11 is 3.75. The number of thiazole rings is 1. The van der Waals surface area contributed by atoms with Gasteiger partial charge in [-0.2, -0.15) is 0 Å². The molecule has 3 aromatic rings. The fourth-order valence-electron chi connectivity index (χ4n) is 5.53. The average molecular weight is 650 g/mol. The van der Waals surface area contributed by atoms with Crippen molar-refractivity contribution in [2.45, 2.75) is 48.7 Å². The number of fused-ring (bicyclic) bond motifs is 2. The van der Waals surface area contributed by atoms with Crippen LogP contribution in [0.4, 0.5) is 0 Å². The molecule has 0 unspecified atom stereocenters. The molecule has 1 saturated carbocycles. The highest BCUT2D eigenvalue weighted by Crippen LogP contribution is 2.31. The van der Waals surface area contributed by atoms with Crippen molar-refractivity contribution in [3.8, 4) is 0 Å². The van der Waals surface area contributed by atoms with Crippen molar-refractivity contribution in [1.29, 1.82) is 0 Å². The SMILES string of the molecule is COC(=O)[C@@H]1CC[C@H](N(C)C(=O)c2cc3cc(CI)ccc3[nH]2)[C@H](NC(=O)c2nc3c(s2)CN(C)CC3)C1. The minimum atomic E-state index is -0.409. The molecule has 11 heteroatoms. The van der Waals surface area contributed by atoms with Crippen LogP contribution in [0.3, 0.4) is 0 Å². The maximum atomic E-state index is 13.6. The van der Waals surface area contributed by atoms with Crippen molar-refractivity contribution >= 4 is 62.6 Å². The van der Waals surface area contributed by atoms with Gasteiger partial charge in [-0.15, -0.1) is 11.3 Å². The highest BCUT2D eigenvalue weighted by molar-refractivity contribution is 14.1. The Balaban J connectivity index is 1.36. The van der Waals surface area contributed by atoms with E-state index in [2.05, 4.69) is 62.0 Å². The first kappa shape index (κ1) is 27.1. The maximum Gasteiger partial charge on any atom is 0.308 e. The number of ether oxygens (including phenoxy) is 1. The number of esters is 1. The van der Waals surface area contributed by atoms with E-state index in [0.717, 1.165) is 45.4 Å². The predicted molar refractivity (Wildman–Crippen MR) is 155 cm³/mol. The number of amides is 2. The summed E-state index contributed by atoms with van der Waals surface area (Å²) in [4.78, 5) is 52.2. The summed E-state index contributed by atoms with van der Waals surface area (Å²) in [5.41, 5.74) is 3.60. The minimum absolute atomic E-state index is 0.147. The van der Waals surface area contributed by atoms with Gasteiger partial charge in [0, 0.05) is 46.8 Å². The van der Waals surface area contributed by atoms with Gasteiger partial charge in [0.15, 0.2) is 5.01 Å². The number of benzene rings is 1. The molecular formula is C27H32IN5O4S. The third-order valence-corrected chi connectivity index (χ3v) is 9.63. The molecular weight excluding hydrogens is 617 g/mol. The predicted octanol–water partition coefficient (Wildman–Crippen LogP) is 3.76. The molecule has 0 saturated heterocycles.